The molecule has 0 bridgehead atoms. The van der Waals surface area contributed by atoms with Crippen molar-refractivity contribution in [1.82, 2.24) is 25.4 Å². The molecular formula is C13H21N5O2. The van der Waals surface area contributed by atoms with Crippen molar-refractivity contribution in [3.63, 3.8) is 0 Å². The predicted octanol–water partition coefficient (Wildman–Crippen LogP) is 0.456. The highest BCUT2D eigenvalue weighted by molar-refractivity contribution is 5.75. The van der Waals surface area contributed by atoms with Crippen molar-refractivity contribution in [3.05, 3.63) is 12.2 Å². The topological polar surface area (TPSA) is 81.1 Å². The molecule has 2 aliphatic rings. The van der Waals surface area contributed by atoms with Crippen LogP contribution in [0.5, 0.6) is 0 Å². The van der Waals surface area contributed by atoms with E-state index in [2.05, 4.69) is 34.7 Å². The summed E-state index contributed by atoms with van der Waals surface area (Å²) in [4.78, 5) is 12.1. The van der Waals surface area contributed by atoms with E-state index in [9.17, 15) is 4.79 Å². The monoisotopic (exact) mass is 279 g/mol. The fourth-order valence-corrected chi connectivity index (χ4v) is 2.89. The normalized spacial score (nSPS) is 29.1. The number of ether oxygens (including phenoxy) is 1. The zero-order valence-electron chi connectivity index (χ0n) is 12.0. The molecular weight excluding hydrogens is 258 g/mol. The largest absolute Gasteiger partial charge is 0.381 e. The highest BCUT2D eigenvalue weighted by Gasteiger charge is 2.54. The van der Waals surface area contributed by atoms with E-state index in [1.54, 1.807) is 6.33 Å². The summed E-state index contributed by atoms with van der Waals surface area (Å²) >= 11 is 0. The van der Waals surface area contributed by atoms with Crippen molar-refractivity contribution in [2.75, 3.05) is 13.2 Å². The molecule has 2 fully saturated rings. The molecule has 1 aromatic heterocycles. The molecule has 0 aromatic carbocycles. The number of hydrogen-bond donors (Lipinski definition) is 2. The number of rotatable bonds is 4. The highest BCUT2D eigenvalue weighted by Crippen LogP contribution is 2.44. The van der Waals surface area contributed by atoms with E-state index >= 15 is 0 Å². The molecule has 1 aromatic rings. The summed E-state index contributed by atoms with van der Waals surface area (Å²) in [5, 5.41) is 14.0. The number of amides is 2. The van der Waals surface area contributed by atoms with Crippen LogP contribution in [0.4, 0.5) is 4.79 Å². The molecule has 1 saturated carbocycles. The lowest BCUT2D eigenvalue weighted by Crippen LogP contribution is -2.42. The Kier molecular flexibility index (Phi) is 3.37. The molecule has 1 aliphatic heterocycles. The molecule has 2 heterocycles. The molecule has 0 spiro atoms. The van der Waals surface area contributed by atoms with Gasteiger partial charge in [0, 0.05) is 24.9 Å². The van der Waals surface area contributed by atoms with Gasteiger partial charge in [-0.05, 0) is 5.92 Å². The Balaban J connectivity index is 1.59. The van der Waals surface area contributed by atoms with E-state index in [-0.39, 0.29) is 24.0 Å². The van der Waals surface area contributed by atoms with Crippen LogP contribution in [0, 0.1) is 17.8 Å². The van der Waals surface area contributed by atoms with Crippen LogP contribution in [-0.2, 0) is 11.8 Å². The molecule has 0 radical (unpaired) electrons. The van der Waals surface area contributed by atoms with E-state index in [1.807, 2.05) is 11.6 Å². The fraction of sp³-hybridized carbons (Fsp3) is 0.769. The van der Waals surface area contributed by atoms with Gasteiger partial charge in [0.25, 0.3) is 0 Å². The second kappa shape index (κ2) is 5.05. The molecule has 20 heavy (non-hydrogen) atoms. The van der Waals surface area contributed by atoms with Gasteiger partial charge in [0.2, 0.25) is 0 Å². The number of aryl methyl sites for hydroxylation is 1. The standard InChI is InChI=1S/C13H21N5O2/c1-7(2)10(12-17-14-6-18(12)3)15-13(19)16-11-8-4-20-5-9(8)11/h6-11H,4-5H2,1-3H3,(H2,15,16,19)/t8-,9+,10?,11?. The van der Waals surface area contributed by atoms with E-state index < -0.39 is 0 Å². The van der Waals surface area contributed by atoms with Gasteiger partial charge in [-0.1, -0.05) is 13.8 Å². The third-order valence-electron chi connectivity index (χ3n) is 4.23. The minimum atomic E-state index is -0.141. The lowest BCUT2D eigenvalue weighted by atomic mass is 10.0. The average molecular weight is 279 g/mol. The van der Waals surface area contributed by atoms with Crippen LogP contribution in [0.2, 0.25) is 0 Å². The molecule has 2 N–H and O–H groups in total. The first-order valence-electron chi connectivity index (χ1n) is 7.06. The Labute approximate surface area is 118 Å². The van der Waals surface area contributed by atoms with Crippen LogP contribution < -0.4 is 10.6 Å². The van der Waals surface area contributed by atoms with Crippen LogP contribution >= 0.6 is 0 Å². The maximum atomic E-state index is 12.1. The van der Waals surface area contributed by atoms with Gasteiger partial charge in [-0.25, -0.2) is 4.79 Å². The Morgan fingerprint density at radius 3 is 2.70 bits per heavy atom. The van der Waals surface area contributed by atoms with Crippen molar-refractivity contribution in [2.24, 2.45) is 24.8 Å². The fourth-order valence-electron chi connectivity index (χ4n) is 2.89. The average Bonchev–Trinajstić information content (AvgIpc) is 2.82. The number of hydrogen-bond acceptors (Lipinski definition) is 4. The third-order valence-corrected chi connectivity index (χ3v) is 4.23. The smallest absolute Gasteiger partial charge is 0.315 e. The number of carbonyl (C=O) groups is 1. The molecule has 1 saturated heterocycles. The van der Waals surface area contributed by atoms with Crippen LogP contribution in [-0.4, -0.2) is 40.1 Å². The first kappa shape index (κ1) is 13.4. The molecule has 4 atom stereocenters. The third kappa shape index (κ3) is 2.37. The minimum absolute atomic E-state index is 0.133. The van der Waals surface area contributed by atoms with Gasteiger partial charge in [-0.15, -0.1) is 10.2 Å². The van der Waals surface area contributed by atoms with E-state index in [4.69, 9.17) is 4.74 Å². The van der Waals surface area contributed by atoms with Gasteiger partial charge in [0.1, 0.15) is 6.33 Å². The van der Waals surface area contributed by atoms with Crippen LogP contribution in [0.3, 0.4) is 0 Å². The summed E-state index contributed by atoms with van der Waals surface area (Å²) in [6.07, 6.45) is 1.65. The number of aromatic nitrogens is 3. The summed E-state index contributed by atoms with van der Waals surface area (Å²) in [5.74, 6) is 2.03. The summed E-state index contributed by atoms with van der Waals surface area (Å²) in [6, 6.07) is -0.000464. The molecule has 7 heteroatoms. The Morgan fingerprint density at radius 2 is 2.15 bits per heavy atom. The van der Waals surface area contributed by atoms with Crippen molar-refractivity contribution >= 4 is 6.03 Å². The molecule has 2 amide bonds. The first-order valence-corrected chi connectivity index (χ1v) is 7.06. The quantitative estimate of drug-likeness (QED) is 0.839. The highest BCUT2D eigenvalue weighted by atomic mass is 16.5. The van der Waals surface area contributed by atoms with Gasteiger partial charge in [0.15, 0.2) is 5.82 Å². The van der Waals surface area contributed by atoms with E-state index in [1.165, 1.54) is 0 Å². The van der Waals surface area contributed by atoms with Crippen molar-refractivity contribution < 1.29 is 9.53 Å². The maximum absolute atomic E-state index is 12.1. The molecule has 1 aliphatic carbocycles. The summed E-state index contributed by atoms with van der Waals surface area (Å²) in [7, 11) is 1.88. The minimum Gasteiger partial charge on any atom is -0.381 e. The molecule has 110 valence electrons. The first-order chi connectivity index (χ1) is 9.58. The summed E-state index contributed by atoms with van der Waals surface area (Å²) in [6.45, 7) is 5.65. The number of nitrogens with zero attached hydrogens (tertiary/aromatic N) is 3. The number of fused-ring (bicyclic) bond motifs is 1. The van der Waals surface area contributed by atoms with Crippen molar-refractivity contribution in [3.8, 4) is 0 Å². The van der Waals surface area contributed by atoms with Crippen LogP contribution in [0.25, 0.3) is 0 Å². The number of nitrogens with one attached hydrogen (secondary N) is 2. The van der Waals surface area contributed by atoms with Gasteiger partial charge in [-0.3, -0.25) is 0 Å². The number of carbonyl (C=O) groups excluding carboxylic acids is 1. The second-order valence-electron chi connectivity index (χ2n) is 6.03. The lowest BCUT2D eigenvalue weighted by Gasteiger charge is -2.22. The number of urea groups is 1. The van der Waals surface area contributed by atoms with E-state index in [0.717, 1.165) is 19.0 Å². The second-order valence-corrected chi connectivity index (χ2v) is 6.03. The summed E-state index contributed by atoms with van der Waals surface area (Å²) in [5.41, 5.74) is 0. The maximum Gasteiger partial charge on any atom is 0.315 e. The SMILES string of the molecule is CC(C)C(NC(=O)NC1[C@H]2COC[C@@H]12)c1nncn1C. The van der Waals surface area contributed by atoms with Gasteiger partial charge < -0.3 is 19.9 Å². The predicted molar refractivity (Wildman–Crippen MR) is 71.8 cm³/mol. The Morgan fingerprint density at radius 1 is 1.45 bits per heavy atom. The zero-order chi connectivity index (χ0) is 14.3. The Bertz CT molecular complexity index is 491. The van der Waals surface area contributed by atoms with Crippen LogP contribution in [0.1, 0.15) is 25.7 Å². The van der Waals surface area contributed by atoms with Crippen molar-refractivity contribution in [2.45, 2.75) is 25.9 Å². The molecule has 3 rings (SSSR count). The van der Waals surface area contributed by atoms with Crippen molar-refractivity contribution in [1.29, 1.82) is 0 Å². The van der Waals surface area contributed by atoms with E-state index in [0.29, 0.717) is 11.8 Å². The van der Waals surface area contributed by atoms with Gasteiger partial charge in [0.05, 0.1) is 19.3 Å². The Hall–Kier alpha value is -1.63. The molecule has 7 nitrogen and oxygen atoms in total. The lowest BCUT2D eigenvalue weighted by molar-refractivity contribution is 0.155. The molecule has 2 unspecified atom stereocenters. The van der Waals surface area contributed by atoms with Gasteiger partial charge in [-0.2, -0.15) is 0 Å². The van der Waals surface area contributed by atoms with Gasteiger partial charge >= 0.3 is 6.03 Å². The summed E-state index contributed by atoms with van der Waals surface area (Å²) < 4.78 is 7.16. The van der Waals surface area contributed by atoms with Crippen LogP contribution in [0.15, 0.2) is 6.33 Å². The zero-order valence-corrected chi connectivity index (χ0v) is 12.0.